The molecule has 5 nitrogen and oxygen atoms in total. The Morgan fingerprint density at radius 3 is 2.48 bits per heavy atom. The largest absolute Gasteiger partial charge is 0.332 e. The Morgan fingerprint density at radius 1 is 1.10 bits per heavy atom. The van der Waals surface area contributed by atoms with Gasteiger partial charge in [-0.3, -0.25) is 9.78 Å². The Labute approximate surface area is 125 Å². The van der Waals surface area contributed by atoms with E-state index in [1.807, 2.05) is 44.4 Å². The Hall–Kier alpha value is -2.27. The predicted molar refractivity (Wildman–Crippen MR) is 81.8 cm³/mol. The minimum Gasteiger partial charge on any atom is -0.332 e. The van der Waals surface area contributed by atoms with E-state index in [2.05, 4.69) is 14.9 Å². The van der Waals surface area contributed by atoms with Crippen LogP contribution in [-0.4, -0.2) is 52.9 Å². The summed E-state index contributed by atoms with van der Waals surface area (Å²) in [7, 11) is 3.99. The molecular weight excluding hydrogens is 264 g/mol. The van der Waals surface area contributed by atoms with Crippen molar-refractivity contribution in [3.05, 3.63) is 60.2 Å². The average Bonchev–Trinajstić information content (AvgIpc) is 2.52. The maximum absolute atomic E-state index is 12.6. The van der Waals surface area contributed by atoms with Gasteiger partial charge in [0.25, 0.3) is 5.91 Å². The van der Waals surface area contributed by atoms with Gasteiger partial charge in [-0.25, -0.2) is 4.98 Å². The fraction of sp³-hybridized carbons (Fsp3) is 0.312. The van der Waals surface area contributed by atoms with Gasteiger partial charge in [-0.1, -0.05) is 30.3 Å². The van der Waals surface area contributed by atoms with Gasteiger partial charge in [-0.15, -0.1) is 0 Å². The average molecular weight is 284 g/mol. The molecule has 0 aliphatic rings. The lowest BCUT2D eigenvalue weighted by molar-refractivity contribution is 0.0725. The molecule has 1 heterocycles. The fourth-order valence-corrected chi connectivity index (χ4v) is 1.95. The predicted octanol–water partition coefficient (Wildman–Crippen LogP) is 1.68. The Morgan fingerprint density at radius 2 is 1.86 bits per heavy atom. The third kappa shape index (κ3) is 4.65. The molecule has 1 aromatic heterocycles. The number of hydrogen-bond acceptors (Lipinski definition) is 4. The van der Waals surface area contributed by atoms with E-state index in [4.69, 9.17) is 0 Å². The minimum absolute atomic E-state index is 0.0891. The van der Waals surface area contributed by atoms with Crippen LogP contribution in [0.15, 0.2) is 48.9 Å². The van der Waals surface area contributed by atoms with Crippen LogP contribution >= 0.6 is 0 Å². The first kappa shape index (κ1) is 15.1. The number of likely N-dealkylation sites (N-methyl/N-ethyl adjacent to an activating group) is 1. The third-order valence-electron chi connectivity index (χ3n) is 3.10. The summed E-state index contributed by atoms with van der Waals surface area (Å²) in [6.07, 6.45) is 4.62. The minimum atomic E-state index is -0.0891. The van der Waals surface area contributed by atoms with Crippen molar-refractivity contribution in [2.24, 2.45) is 0 Å². The topological polar surface area (TPSA) is 49.3 Å². The molecule has 0 bridgehead atoms. The number of carbonyl (C=O) groups excluding carboxylic acids is 1. The summed E-state index contributed by atoms with van der Waals surface area (Å²) in [6.45, 7) is 2.03. The van der Waals surface area contributed by atoms with Gasteiger partial charge < -0.3 is 9.80 Å². The molecule has 1 amide bonds. The van der Waals surface area contributed by atoms with Gasteiger partial charge in [0, 0.05) is 32.0 Å². The van der Waals surface area contributed by atoms with Crippen molar-refractivity contribution in [3.63, 3.8) is 0 Å². The second-order valence-electron chi connectivity index (χ2n) is 5.11. The van der Waals surface area contributed by atoms with Gasteiger partial charge in [-0.2, -0.15) is 0 Å². The molecule has 0 N–H and O–H groups in total. The van der Waals surface area contributed by atoms with Crippen LogP contribution in [0.1, 0.15) is 16.1 Å². The molecule has 0 spiro atoms. The number of carbonyl (C=O) groups is 1. The van der Waals surface area contributed by atoms with E-state index >= 15 is 0 Å². The molecule has 0 atom stereocenters. The first-order valence-corrected chi connectivity index (χ1v) is 6.91. The van der Waals surface area contributed by atoms with E-state index in [0.717, 1.165) is 12.1 Å². The molecule has 110 valence electrons. The third-order valence-corrected chi connectivity index (χ3v) is 3.10. The zero-order valence-electron chi connectivity index (χ0n) is 12.4. The van der Waals surface area contributed by atoms with Crippen molar-refractivity contribution in [2.75, 3.05) is 27.2 Å². The monoisotopic (exact) mass is 284 g/mol. The molecule has 0 saturated heterocycles. The molecule has 0 aliphatic heterocycles. The van der Waals surface area contributed by atoms with Crippen molar-refractivity contribution in [2.45, 2.75) is 6.54 Å². The Bertz CT molecular complexity index is 557. The number of benzene rings is 1. The normalized spacial score (nSPS) is 10.6. The maximum Gasteiger partial charge on any atom is 0.274 e. The van der Waals surface area contributed by atoms with Crippen LogP contribution in [0.5, 0.6) is 0 Å². The van der Waals surface area contributed by atoms with E-state index in [-0.39, 0.29) is 5.91 Å². The first-order valence-electron chi connectivity index (χ1n) is 6.91. The lowest BCUT2D eigenvalue weighted by Gasteiger charge is -2.24. The van der Waals surface area contributed by atoms with Gasteiger partial charge in [0.15, 0.2) is 0 Å². The number of nitrogens with zero attached hydrogens (tertiary/aromatic N) is 4. The number of hydrogen-bond donors (Lipinski definition) is 0. The summed E-state index contributed by atoms with van der Waals surface area (Å²) in [6, 6.07) is 9.97. The van der Waals surface area contributed by atoms with E-state index < -0.39 is 0 Å². The van der Waals surface area contributed by atoms with Crippen LogP contribution < -0.4 is 0 Å². The van der Waals surface area contributed by atoms with E-state index in [9.17, 15) is 4.79 Å². The zero-order chi connectivity index (χ0) is 15.1. The van der Waals surface area contributed by atoms with Gasteiger partial charge in [-0.05, 0) is 19.7 Å². The Balaban J connectivity index is 2.13. The smallest absolute Gasteiger partial charge is 0.274 e. The first-order chi connectivity index (χ1) is 10.2. The lowest BCUT2D eigenvalue weighted by Crippen LogP contribution is -2.36. The molecule has 5 heteroatoms. The van der Waals surface area contributed by atoms with Crippen LogP contribution in [0.3, 0.4) is 0 Å². The van der Waals surface area contributed by atoms with Crippen LogP contribution in [0.2, 0.25) is 0 Å². The summed E-state index contributed by atoms with van der Waals surface area (Å²) >= 11 is 0. The van der Waals surface area contributed by atoms with Crippen molar-refractivity contribution in [3.8, 4) is 0 Å². The highest BCUT2D eigenvalue weighted by Gasteiger charge is 2.17. The zero-order valence-corrected chi connectivity index (χ0v) is 12.4. The van der Waals surface area contributed by atoms with Crippen molar-refractivity contribution >= 4 is 5.91 Å². The quantitative estimate of drug-likeness (QED) is 0.810. The maximum atomic E-state index is 12.6. The summed E-state index contributed by atoms with van der Waals surface area (Å²) in [5, 5.41) is 0. The van der Waals surface area contributed by atoms with Crippen molar-refractivity contribution in [1.29, 1.82) is 0 Å². The highest BCUT2D eigenvalue weighted by molar-refractivity contribution is 5.91. The van der Waals surface area contributed by atoms with Gasteiger partial charge in [0.1, 0.15) is 5.69 Å². The Kier molecular flexibility index (Phi) is 5.40. The van der Waals surface area contributed by atoms with Crippen molar-refractivity contribution < 1.29 is 4.79 Å². The molecule has 2 aromatic rings. The summed E-state index contributed by atoms with van der Waals surface area (Å²) in [4.78, 5) is 24.5. The van der Waals surface area contributed by atoms with Crippen LogP contribution in [0.25, 0.3) is 0 Å². The van der Waals surface area contributed by atoms with Crippen LogP contribution in [-0.2, 0) is 6.54 Å². The summed E-state index contributed by atoms with van der Waals surface area (Å²) < 4.78 is 0. The molecular formula is C16H20N4O. The molecule has 2 rings (SSSR count). The van der Waals surface area contributed by atoms with Crippen LogP contribution in [0, 0.1) is 0 Å². The van der Waals surface area contributed by atoms with Crippen molar-refractivity contribution in [1.82, 2.24) is 19.8 Å². The second-order valence-corrected chi connectivity index (χ2v) is 5.11. The van der Waals surface area contributed by atoms with Gasteiger partial charge in [0.2, 0.25) is 0 Å². The second kappa shape index (κ2) is 7.50. The van der Waals surface area contributed by atoms with Gasteiger partial charge in [0.05, 0.1) is 6.20 Å². The molecule has 0 aliphatic carbocycles. The van der Waals surface area contributed by atoms with E-state index in [1.165, 1.54) is 6.20 Å². The summed E-state index contributed by atoms with van der Waals surface area (Å²) in [5.74, 6) is -0.0891. The highest BCUT2D eigenvalue weighted by atomic mass is 16.2. The SMILES string of the molecule is CN(C)CCN(Cc1ccccc1)C(=O)c1cnccn1. The number of rotatable bonds is 6. The molecule has 1 aromatic carbocycles. The summed E-state index contributed by atoms with van der Waals surface area (Å²) in [5.41, 5.74) is 1.49. The van der Waals surface area contributed by atoms with E-state index in [1.54, 1.807) is 17.3 Å². The lowest BCUT2D eigenvalue weighted by atomic mass is 10.2. The standard InChI is InChI=1S/C16H20N4O/c1-19(2)10-11-20(13-14-6-4-3-5-7-14)16(21)15-12-17-8-9-18-15/h3-9,12H,10-11,13H2,1-2H3. The molecule has 0 fully saturated rings. The van der Waals surface area contributed by atoms with Gasteiger partial charge >= 0.3 is 0 Å². The highest BCUT2D eigenvalue weighted by Crippen LogP contribution is 2.08. The fourth-order valence-electron chi connectivity index (χ4n) is 1.95. The molecule has 21 heavy (non-hydrogen) atoms. The van der Waals surface area contributed by atoms with Crippen LogP contribution in [0.4, 0.5) is 0 Å². The molecule has 0 radical (unpaired) electrons. The molecule has 0 saturated carbocycles. The number of amides is 1. The number of aromatic nitrogens is 2. The molecule has 0 unspecified atom stereocenters. The van der Waals surface area contributed by atoms with E-state index in [0.29, 0.717) is 18.8 Å².